The smallest absolute Gasteiger partial charge is 0.237 e. The molecule has 1 aromatic carbocycles. The molecule has 0 aliphatic carbocycles. The zero-order valence-corrected chi connectivity index (χ0v) is 14.9. The second kappa shape index (κ2) is 7.11. The van der Waals surface area contributed by atoms with E-state index in [1.165, 1.54) is 23.5 Å². The van der Waals surface area contributed by atoms with Gasteiger partial charge < -0.3 is 4.74 Å². The van der Waals surface area contributed by atoms with Crippen molar-refractivity contribution in [3.63, 3.8) is 0 Å². The fourth-order valence-corrected chi connectivity index (χ4v) is 3.93. The van der Waals surface area contributed by atoms with Crippen molar-refractivity contribution >= 4 is 55.6 Å². The first-order chi connectivity index (χ1) is 12.2. The fourth-order valence-electron chi connectivity index (χ4n) is 2.63. The number of fused-ring (bicyclic) bond motifs is 2. The van der Waals surface area contributed by atoms with Gasteiger partial charge in [-0.05, 0) is 12.1 Å². The molecule has 3 aromatic rings. The van der Waals surface area contributed by atoms with E-state index in [9.17, 15) is 9.59 Å². The SMILES string of the molecule is O=C1SCCOCCSC(=O)c2ccc3ccc4ccc1nc4c3n2. The first-order valence-electron chi connectivity index (χ1n) is 7.85. The number of hydrogen-bond donors (Lipinski definition) is 0. The van der Waals surface area contributed by atoms with Gasteiger partial charge in [0.1, 0.15) is 11.4 Å². The summed E-state index contributed by atoms with van der Waals surface area (Å²) in [7, 11) is 0. The van der Waals surface area contributed by atoms with Crippen LogP contribution < -0.4 is 0 Å². The maximum atomic E-state index is 12.4. The molecule has 1 aliphatic heterocycles. The predicted molar refractivity (Wildman–Crippen MR) is 101 cm³/mol. The maximum Gasteiger partial charge on any atom is 0.237 e. The standard InChI is InChI=1S/C18H14N2O3S2/c21-17-13-5-3-11-1-2-12-4-6-14(20-16(12)15(11)19-13)18(22)25-10-8-23-7-9-24-17/h1-6H,7-10H2. The monoisotopic (exact) mass is 370 g/mol. The first kappa shape index (κ1) is 16.5. The molecule has 5 nitrogen and oxygen atoms in total. The highest BCUT2D eigenvalue weighted by atomic mass is 32.2. The Morgan fingerprint density at radius 1 is 0.720 bits per heavy atom. The summed E-state index contributed by atoms with van der Waals surface area (Å²) in [6, 6.07) is 11.1. The molecule has 0 saturated heterocycles. The van der Waals surface area contributed by atoms with E-state index in [1.54, 1.807) is 12.1 Å². The molecule has 3 heterocycles. The normalized spacial score (nSPS) is 16.6. The molecule has 0 unspecified atom stereocenters. The maximum absolute atomic E-state index is 12.4. The van der Waals surface area contributed by atoms with Gasteiger partial charge in [-0.3, -0.25) is 9.59 Å². The highest BCUT2D eigenvalue weighted by Gasteiger charge is 2.14. The first-order valence-corrected chi connectivity index (χ1v) is 9.82. The quantitative estimate of drug-likeness (QED) is 0.560. The summed E-state index contributed by atoms with van der Waals surface area (Å²) < 4.78 is 5.47. The van der Waals surface area contributed by atoms with E-state index < -0.39 is 0 Å². The van der Waals surface area contributed by atoms with Crippen molar-refractivity contribution in [3.8, 4) is 0 Å². The van der Waals surface area contributed by atoms with Gasteiger partial charge in [0.05, 0.1) is 24.2 Å². The van der Waals surface area contributed by atoms with Crippen molar-refractivity contribution in [1.82, 2.24) is 9.97 Å². The van der Waals surface area contributed by atoms with Gasteiger partial charge in [-0.15, -0.1) is 0 Å². The lowest BCUT2D eigenvalue weighted by molar-refractivity contribution is 0.107. The van der Waals surface area contributed by atoms with Crippen molar-refractivity contribution in [3.05, 3.63) is 47.8 Å². The molecule has 2 aromatic heterocycles. The zero-order valence-electron chi connectivity index (χ0n) is 13.2. The predicted octanol–water partition coefficient (Wildman–Crippen LogP) is 3.56. The van der Waals surface area contributed by atoms with Crippen LogP contribution in [-0.2, 0) is 4.74 Å². The van der Waals surface area contributed by atoms with E-state index >= 15 is 0 Å². The molecular weight excluding hydrogens is 356 g/mol. The number of thioether (sulfide) groups is 2. The Bertz CT molecular complexity index is 912. The van der Waals surface area contributed by atoms with E-state index in [-0.39, 0.29) is 10.2 Å². The van der Waals surface area contributed by atoms with Gasteiger partial charge in [-0.2, -0.15) is 0 Å². The summed E-state index contributed by atoms with van der Waals surface area (Å²) in [5.41, 5.74) is 2.09. The highest BCUT2D eigenvalue weighted by Crippen LogP contribution is 2.25. The molecule has 0 amide bonds. The number of nitrogens with zero attached hydrogens (tertiary/aromatic N) is 2. The van der Waals surface area contributed by atoms with E-state index in [0.717, 1.165) is 10.8 Å². The summed E-state index contributed by atoms with van der Waals surface area (Å²) in [5.74, 6) is 1.13. The Morgan fingerprint density at radius 2 is 1.16 bits per heavy atom. The molecule has 126 valence electrons. The Kier molecular flexibility index (Phi) is 4.70. The zero-order chi connectivity index (χ0) is 17.2. The summed E-state index contributed by atoms with van der Waals surface area (Å²) in [5, 5.41) is 1.62. The minimum absolute atomic E-state index is 0.0843. The number of carbonyl (C=O) groups is 2. The van der Waals surface area contributed by atoms with Gasteiger partial charge in [0.15, 0.2) is 0 Å². The van der Waals surface area contributed by atoms with E-state index in [1.807, 2.05) is 24.3 Å². The number of pyridine rings is 2. The van der Waals surface area contributed by atoms with Crippen LogP contribution >= 0.6 is 23.5 Å². The molecule has 1 aliphatic rings. The molecule has 25 heavy (non-hydrogen) atoms. The Morgan fingerprint density at radius 3 is 1.64 bits per heavy atom. The van der Waals surface area contributed by atoms with Crippen LogP contribution in [0.1, 0.15) is 21.0 Å². The highest BCUT2D eigenvalue weighted by molar-refractivity contribution is 8.14. The third kappa shape index (κ3) is 3.40. The van der Waals surface area contributed by atoms with E-state index in [4.69, 9.17) is 4.74 Å². The number of rotatable bonds is 0. The molecule has 0 saturated carbocycles. The van der Waals surface area contributed by atoms with Crippen LogP contribution in [0.15, 0.2) is 36.4 Å². The molecule has 0 N–H and O–H groups in total. The van der Waals surface area contributed by atoms with Crippen LogP contribution in [0.25, 0.3) is 21.8 Å². The minimum atomic E-state index is -0.0843. The lowest BCUT2D eigenvalue weighted by Crippen LogP contribution is -2.06. The van der Waals surface area contributed by atoms with Gasteiger partial charge in [0.2, 0.25) is 10.2 Å². The molecule has 0 radical (unpaired) electrons. The van der Waals surface area contributed by atoms with Crippen molar-refractivity contribution in [1.29, 1.82) is 0 Å². The molecule has 0 spiro atoms. The van der Waals surface area contributed by atoms with Crippen LogP contribution in [-0.4, -0.2) is 44.9 Å². The molecule has 4 rings (SSSR count). The van der Waals surface area contributed by atoms with E-state index in [0.29, 0.717) is 47.1 Å². The molecule has 0 atom stereocenters. The van der Waals surface area contributed by atoms with Gasteiger partial charge in [-0.25, -0.2) is 9.97 Å². The number of carbonyl (C=O) groups excluding carboxylic acids is 2. The number of hydrogen-bond acceptors (Lipinski definition) is 7. The number of aromatic nitrogens is 2. The summed E-state index contributed by atoms with van der Waals surface area (Å²) >= 11 is 2.39. The fraction of sp³-hybridized carbons (Fsp3) is 0.222. The third-order valence-corrected chi connectivity index (χ3v) is 5.54. The van der Waals surface area contributed by atoms with Crippen molar-refractivity contribution in [2.24, 2.45) is 0 Å². The van der Waals surface area contributed by atoms with Crippen LogP contribution in [0.2, 0.25) is 0 Å². The largest absolute Gasteiger partial charge is 0.380 e. The van der Waals surface area contributed by atoms with Crippen molar-refractivity contribution < 1.29 is 14.3 Å². The van der Waals surface area contributed by atoms with Crippen LogP contribution in [0.4, 0.5) is 0 Å². The van der Waals surface area contributed by atoms with Gasteiger partial charge in [-0.1, -0.05) is 47.8 Å². The second-order valence-corrected chi connectivity index (χ2v) is 7.62. The average molecular weight is 370 g/mol. The van der Waals surface area contributed by atoms with Crippen molar-refractivity contribution in [2.75, 3.05) is 24.7 Å². The molecule has 7 heteroatoms. The number of ether oxygens (including phenoxy) is 1. The van der Waals surface area contributed by atoms with Crippen LogP contribution in [0.3, 0.4) is 0 Å². The number of benzene rings is 1. The summed E-state index contributed by atoms with van der Waals surface area (Å²) in [4.78, 5) is 33.8. The lowest BCUT2D eigenvalue weighted by atomic mass is 10.1. The van der Waals surface area contributed by atoms with Gasteiger partial charge in [0, 0.05) is 22.3 Å². The lowest BCUT2D eigenvalue weighted by Gasteiger charge is -2.06. The third-order valence-electron chi connectivity index (χ3n) is 3.86. The van der Waals surface area contributed by atoms with Crippen LogP contribution in [0, 0.1) is 0 Å². The Balaban J connectivity index is 1.91. The van der Waals surface area contributed by atoms with Crippen LogP contribution in [0.5, 0.6) is 0 Å². The van der Waals surface area contributed by atoms with E-state index in [2.05, 4.69) is 9.97 Å². The van der Waals surface area contributed by atoms with Gasteiger partial charge in [0.25, 0.3) is 0 Å². The topological polar surface area (TPSA) is 69.2 Å². The van der Waals surface area contributed by atoms with Crippen molar-refractivity contribution in [2.45, 2.75) is 0 Å². The Labute approximate surface area is 152 Å². The molecule has 4 bridgehead atoms. The minimum Gasteiger partial charge on any atom is -0.380 e. The van der Waals surface area contributed by atoms with Gasteiger partial charge >= 0.3 is 0 Å². The summed E-state index contributed by atoms with van der Waals surface area (Å²) in [6.07, 6.45) is 0. The molecular formula is C18H14N2O3S2. The Hall–Kier alpha value is -1.96. The summed E-state index contributed by atoms with van der Waals surface area (Å²) in [6.45, 7) is 0.934. The second-order valence-electron chi connectivity index (χ2n) is 5.49. The molecule has 0 fully saturated rings. The average Bonchev–Trinajstić information content (AvgIpc) is 2.65.